The number of sulfonamides is 1. The Morgan fingerprint density at radius 1 is 1.09 bits per heavy atom. The number of hydrogen-bond donors (Lipinski definition) is 1. The fraction of sp³-hybridized carbons (Fsp3) is 0.333. The highest BCUT2D eigenvalue weighted by molar-refractivity contribution is 7.92. The van der Waals surface area contributed by atoms with Gasteiger partial charge in [0.2, 0.25) is 21.8 Å². The SMILES string of the molecule is CNC(=O)C(C)N(Cc1c(Cl)cccc1Cl)C(=O)CN(c1ccc(OC)c(Cl)c1)S(C)(=O)=O. The van der Waals surface area contributed by atoms with Gasteiger partial charge in [-0.2, -0.15) is 0 Å². The zero-order valence-electron chi connectivity index (χ0n) is 18.4. The summed E-state index contributed by atoms with van der Waals surface area (Å²) in [6.07, 6.45) is 0.968. The first-order valence-corrected chi connectivity index (χ1v) is 12.6. The molecule has 0 aliphatic rings. The van der Waals surface area contributed by atoms with E-state index in [4.69, 9.17) is 39.5 Å². The molecule has 0 aliphatic heterocycles. The van der Waals surface area contributed by atoms with Crippen LogP contribution >= 0.6 is 34.8 Å². The quantitative estimate of drug-likeness (QED) is 0.528. The summed E-state index contributed by atoms with van der Waals surface area (Å²) in [6.45, 7) is 0.842. The first-order valence-electron chi connectivity index (χ1n) is 9.65. The van der Waals surface area contributed by atoms with Crippen molar-refractivity contribution >= 4 is 62.3 Å². The second-order valence-electron chi connectivity index (χ2n) is 7.10. The summed E-state index contributed by atoms with van der Waals surface area (Å²) in [7, 11) is -1.03. The van der Waals surface area contributed by atoms with Crippen molar-refractivity contribution in [3.8, 4) is 5.75 Å². The molecule has 0 spiro atoms. The molecule has 1 unspecified atom stereocenters. The summed E-state index contributed by atoms with van der Waals surface area (Å²) in [5, 5.41) is 3.29. The number of rotatable bonds is 9. The van der Waals surface area contributed by atoms with Crippen LogP contribution in [0.25, 0.3) is 0 Å². The second-order valence-corrected chi connectivity index (χ2v) is 10.2. The number of carbonyl (C=O) groups excluding carboxylic acids is 2. The zero-order chi connectivity index (χ0) is 24.9. The smallest absolute Gasteiger partial charge is 0.244 e. The molecule has 0 saturated carbocycles. The average molecular weight is 537 g/mol. The Kier molecular flexibility index (Phi) is 9.25. The molecule has 0 saturated heterocycles. The number of amides is 2. The first-order chi connectivity index (χ1) is 15.4. The number of carbonyl (C=O) groups is 2. The van der Waals surface area contributed by atoms with E-state index >= 15 is 0 Å². The van der Waals surface area contributed by atoms with Crippen LogP contribution in [0.5, 0.6) is 5.75 Å². The van der Waals surface area contributed by atoms with Crippen LogP contribution in [0.3, 0.4) is 0 Å². The molecule has 33 heavy (non-hydrogen) atoms. The van der Waals surface area contributed by atoms with Gasteiger partial charge in [-0.15, -0.1) is 0 Å². The van der Waals surface area contributed by atoms with Crippen LogP contribution in [0.4, 0.5) is 5.69 Å². The fourth-order valence-electron chi connectivity index (χ4n) is 3.07. The van der Waals surface area contributed by atoms with E-state index < -0.39 is 34.4 Å². The molecule has 1 N–H and O–H groups in total. The molecule has 1 atom stereocenters. The number of anilines is 1. The highest BCUT2D eigenvalue weighted by Gasteiger charge is 2.30. The third kappa shape index (κ3) is 6.66. The van der Waals surface area contributed by atoms with E-state index in [-0.39, 0.29) is 17.3 Å². The maximum absolute atomic E-state index is 13.4. The molecule has 2 rings (SSSR count). The molecule has 2 amide bonds. The van der Waals surface area contributed by atoms with Gasteiger partial charge in [0.15, 0.2) is 0 Å². The Labute approximate surface area is 208 Å². The Morgan fingerprint density at radius 3 is 2.18 bits per heavy atom. The molecule has 0 aliphatic carbocycles. The van der Waals surface area contributed by atoms with E-state index in [2.05, 4.69) is 5.32 Å². The van der Waals surface area contributed by atoms with E-state index in [9.17, 15) is 18.0 Å². The van der Waals surface area contributed by atoms with Crippen molar-refractivity contribution in [3.63, 3.8) is 0 Å². The first kappa shape index (κ1) is 27.0. The van der Waals surface area contributed by atoms with Crippen LogP contribution in [0.2, 0.25) is 15.1 Å². The number of nitrogens with one attached hydrogen (secondary N) is 1. The predicted molar refractivity (Wildman–Crippen MR) is 131 cm³/mol. The summed E-state index contributed by atoms with van der Waals surface area (Å²) >= 11 is 18.7. The minimum Gasteiger partial charge on any atom is -0.495 e. The van der Waals surface area contributed by atoms with Crippen molar-refractivity contribution in [1.82, 2.24) is 10.2 Å². The number of benzene rings is 2. The zero-order valence-corrected chi connectivity index (χ0v) is 21.5. The molecule has 0 bridgehead atoms. The maximum atomic E-state index is 13.4. The number of likely N-dealkylation sites (N-methyl/N-ethyl adjacent to an activating group) is 1. The summed E-state index contributed by atoms with van der Waals surface area (Å²) in [6, 6.07) is 8.28. The number of nitrogens with zero attached hydrogens (tertiary/aromatic N) is 2. The van der Waals surface area contributed by atoms with Gasteiger partial charge in [0.05, 0.1) is 24.1 Å². The summed E-state index contributed by atoms with van der Waals surface area (Å²) in [5.74, 6) is -0.729. The largest absolute Gasteiger partial charge is 0.495 e. The van der Waals surface area contributed by atoms with Crippen molar-refractivity contribution in [2.75, 3.05) is 31.3 Å². The van der Waals surface area contributed by atoms with Crippen LogP contribution in [-0.2, 0) is 26.2 Å². The lowest BCUT2D eigenvalue weighted by molar-refractivity contribution is -0.139. The van der Waals surface area contributed by atoms with Crippen LogP contribution in [0.1, 0.15) is 12.5 Å². The standard InChI is InChI=1S/C21H24Cl3N3O5S/c1-13(21(29)25-2)26(11-15-16(22)6-5-7-17(15)23)20(28)12-27(33(4,30)31)14-8-9-19(32-3)18(24)10-14/h5-10,13H,11-12H2,1-4H3,(H,25,29). The summed E-state index contributed by atoms with van der Waals surface area (Å²) in [5.41, 5.74) is 0.600. The molecule has 0 fully saturated rings. The van der Waals surface area contributed by atoms with Gasteiger partial charge in [-0.05, 0) is 37.3 Å². The minimum absolute atomic E-state index is 0.104. The van der Waals surface area contributed by atoms with Gasteiger partial charge < -0.3 is 15.0 Å². The molecule has 0 radical (unpaired) electrons. The third-order valence-corrected chi connectivity index (χ3v) is 7.05. The van der Waals surface area contributed by atoms with Crippen molar-refractivity contribution in [2.45, 2.75) is 19.5 Å². The van der Waals surface area contributed by atoms with Gasteiger partial charge in [-0.1, -0.05) is 40.9 Å². The lowest BCUT2D eigenvalue weighted by Gasteiger charge is -2.31. The van der Waals surface area contributed by atoms with Crippen molar-refractivity contribution in [3.05, 3.63) is 57.0 Å². The Bertz CT molecular complexity index is 1120. The van der Waals surface area contributed by atoms with E-state index in [1.54, 1.807) is 18.2 Å². The van der Waals surface area contributed by atoms with E-state index in [1.165, 1.54) is 44.2 Å². The lowest BCUT2D eigenvalue weighted by atomic mass is 10.1. The Morgan fingerprint density at radius 2 is 1.70 bits per heavy atom. The van der Waals surface area contributed by atoms with Gasteiger partial charge >= 0.3 is 0 Å². The highest BCUT2D eigenvalue weighted by atomic mass is 35.5. The van der Waals surface area contributed by atoms with Crippen molar-refractivity contribution in [2.24, 2.45) is 0 Å². The molecule has 2 aromatic carbocycles. The topological polar surface area (TPSA) is 96.0 Å². The van der Waals surface area contributed by atoms with E-state index in [0.29, 0.717) is 21.4 Å². The predicted octanol–water partition coefficient (Wildman–Crippen LogP) is 3.58. The molecule has 12 heteroatoms. The monoisotopic (exact) mass is 535 g/mol. The highest BCUT2D eigenvalue weighted by Crippen LogP contribution is 2.31. The number of halogens is 3. The van der Waals surface area contributed by atoms with Gasteiger partial charge in [0, 0.05) is 29.2 Å². The maximum Gasteiger partial charge on any atom is 0.244 e. The molecule has 0 aromatic heterocycles. The summed E-state index contributed by atoms with van der Waals surface area (Å²) < 4.78 is 31.1. The normalized spacial score (nSPS) is 12.1. The van der Waals surface area contributed by atoms with Crippen LogP contribution < -0.4 is 14.4 Å². The van der Waals surface area contributed by atoms with Crippen LogP contribution in [0.15, 0.2) is 36.4 Å². The molecular formula is C21H24Cl3N3O5S. The van der Waals surface area contributed by atoms with Gasteiger partial charge in [-0.3, -0.25) is 13.9 Å². The minimum atomic E-state index is -3.89. The van der Waals surface area contributed by atoms with Crippen molar-refractivity contribution < 1.29 is 22.7 Å². The molecule has 8 nitrogen and oxygen atoms in total. The molecule has 180 valence electrons. The Hall–Kier alpha value is -2.20. The van der Waals surface area contributed by atoms with E-state index in [0.717, 1.165) is 10.6 Å². The average Bonchev–Trinajstić information content (AvgIpc) is 2.75. The number of methoxy groups -OCH3 is 1. The molecule has 0 heterocycles. The Balaban J connectivity index is 2.46. The third-order valence-electron chi connectivity index (χ3n) is 4.91. The fourth-order valence-corrected chi connectivity index (χ4v) is 4.68. The van der Waals surface area contributed by atoms with Gasteiger partial charge in [0.25, 0.3) is 0 Å². The van der Waals surface area contributed by atoms with Crippen LogP contribution in [-0.4, -0.2) is 58.1 Å². The second kappa shape index (κ2) is 11.3. The van der Waals surface area contributed by atoms with Crippen LogP contribution in [0, 0.1) is 0 Å². The van der Waals surface area contributed by atoms with Crippen molar-refractivity contribution in [1.29, 1.82) is 0 Å². The van der Waals surface area contributed by atoms with E-state index in [1.807, 2.05) is 0 Å². The lowest BCUT2D eigenvalue weighted by Crippen LogP contribution is -2.50. The molecule has 2 aromatic rings. The summed E-state index contributed by atoms with van der Waals surface area (Å²) in [4.78, 5) is 26.9. The van der Waals surface area contributed by atoms with Gasteiger partial charge in [0.1, 0.15) is 18.3 Å². The molecular weight excluding hydrogens is 513 g/mol. The number of ether oxygens (including phenoxy) is 1. The van der Waals surface area contributed by atoms with Gasteiger partial charge in [-0.25, -0.2) is 8.42 Å². The number of hydrogen-bond acceptors (Lipinski definition) is 5.